The lowest BCUT2D eigenvalue weighted by Crippen LogP contribution is -2.41. The molecular weight excluding hydrogens is 202 g/mol. The lowest BCUT2D eigenvalue weighted by atomic mass is 10.00. The minimum absolute atomic E-state index is 0.275. The van der Waals surface area contributed by atoms with Gasteiger partial charge in [-0.1, -0.05) is 25.7 Å². The summed E-state index contributed by atoms with van der Waals surface area (Å²) in [6.07, 6.45) is 10.1. The summed E-state index contributed by atoms with van der Waals surface area (Å²) in [5, 5.41) is 12.4. The highest BCUT2D eigenvalue weighted by Crippen LogP contribution is 2.33. The van der Waals surface area contributed by atoms with Gasteiger partial charge in [-0.25, -0.2) is 0 Å². The van der Waals surface area contributed by atoms with Gasteiger partial charge in [0.2, 0.25) is 0 Å². The molecule has 0 aromatic rings. The van der Waals surface area contributed by atoms with E-state index in [0.29, 0.717) is 11.8 Å². The van der Waals surface area contributed by atoms with E-state index in [1.54, 1.807) is 0 Å². The van der Waals surface area contributed by atoms with Crippen molar-refractivity contribution in [3.8, 4) is 0 Å². The molecule has 0 spiro atoms. The van der Waals surface area contributed by atoms with Crippen LogP contribution < -0.4 is 5.32 Å². The fourth-order valence-corrected chi connectivity index (χ4v) is 2.75. The fourth-order valence-electron chi connectivity index (χ4n) is 2.75. The Morgan fingerprint density at radius 1 is 1.12 bits per heavy atom. The van der Waals surface area contributed by atoms with Crippen LogP contribution in [0.5, 0.6) is 0 Å². The van der Waals surface area contributed by atoms with Crippen LogP contribution in [0.3, 0.4) is 0 Å². The molecule has 2 aliphatic rings. The van der Waals surface area contributed by atoms with Gasteiger partial charge in [0.25, 0.3) is 0 Å². The molecule has 3 heteroatoms. The highest BCUT2D eigenvalue weighted by Gasteiger charge is 2.36. The van der Waals surface area contributed by atoms with E-state index < -0.39 is 5.97 Å². The Morgan fingerprint density at radius 3 is 2.25 bits per heavy atom. The van der Waals surface area contributed by atoms with Gasteiger partial charge in [-0.05, 0) is 44.1 Å². The largest absolute Gasteiger partial charge is 0.480 e. The van der Waals surface area contributed by atoms with Crippen molar-refractivity contribution in [3.05, 3.63) is 0 Å². The monoisotopic (exact) mass is 225 g/mol. The number of rotatable bonds is 5. The van der Waals surface area contributed by atoms with E-state index in [1.807, 2.05) is 0 Å². The first-order valence-electron chi connectivity index (χ1n) is 6.73. The van der Waals surface area contributed by atoms with Gasteiger partial charge in [0.15, 0.2) is 0 Å². The molecular formula is C13H23NO2. The average molecular weight is 225 g/mol. The van der Waals surface area contributed by atoms with Crippen LogP contribution in [0.4, 0.5) is 0 Å². The molecule has 2 saturated carbocycles. The molecule has 0 aromatic carbocycles. The lowest BCUT2D eigenvalue weighted by Gasteiger charge is -2.19. The van der Waals surface area contributed by atoms with Gasteiger partial charge in [-0.2, -0.15) is 0 Å². The standard InChI is InChI=1S/C13H23NO2/c15-13(16)12(11-7-8-11)14-9-10-5-3-1-2-4-6-10/h10-12,14H,1-9H2,(H,15,16). The van der Waals surface area contributed by atoms with Crippen LogP contribution in [0.1, 0.15) is 51.4 Å². The number of carbonyl (C=O) groups is 1. The molecule has 1 atom stereocenters. The molecule has 0 saturated heterocycles. The van der Waals surface area contributed by atoms with Crippen molar-refractivity contribution >= 4 is 5.97 Å². The van der Waals surface area contributed by atoms with Crippen molar-refractivity contribution in [1.29, 1.82) is 0 Å². The van der Waals surface area contributed by atoms with Crippen LogP contribution in [0.25, 0.3) is 0 Å². The molecule has 2 N–H and O–H groups in total. The minimum Gasteiger partial charge on any atom is -0.480 e. The number of carboxylic acid groups (broad SMARTS) is 1. The molecule has 2 rings (SSSR count). The summed E-state index contributed by atoms with van der Waals surface area (Å²) in [6.45, 7) is 0.910. The molecule has 0 aliphatic heterocycles. The SMILES string of the molecule is O=C(O)C(NCC1CCCCCC1)C1CC1. The first-order valence-corrected chi connectivity index (χ1v) is 6.73. The third kappa shape index (κ3) is 3.48. The molecule has 3 nitrogen and oxygen atoms in total. The molecule has 16 heavy (non-hydrogen) atoms. The second-order valence-corrected chi connectivity index (χ2v) is 5.42. The second kappa shape index (κ2) is 5.67. The zero-order chi connectivity index (χ0) is 11.4. The first-order chi connectivity index (χ1) is 7.77. The second-order valence-electron chi connectivity index (χ2n) is 5.42. The van der Waals surface area contributed by atoms with Crippen molar-refractivity contribution in [2.24, 2.45) is 11.8 Å². The molecule has 2 fully saturated rings. The van der Waals surface area contributed by atoms with Gasteiger partial charge in [-0.3, -0.25) is 4.79 Å². The highest BCUT2D eigenvalue weighted by atomic mass is 16.4. The minimum atomic E-state index is -0.656. The molecule has 92 valence electrons. The Balaban J connectivity index is 1.73. The van der Waals surface area contributed by atoms with Crippen molar-refractivity contribution < 1.29 is 9.90 Å². The van der Waals surface area contributed by atoms with E-state index in [0.717, 1.165) is 19.4 Å². The van der Waals surface area contributed by atoms with Crippen LogP contribution in [-0.4, -0.2) is 23.7 Å². The maximum absolute atomic E-state index is 11.1. The number of aliphatic carboxylic acids is 1. The van der Waals surface area contributed by atoms with Crippen molar-refractivity contribution in [2.45, 2.75) is 57.4 Å². The van der Waals surface area contributed by atoms with Gasteiger partial charge in [0.1, 0.15) is 6.04 Å². The van der Waals surface area contributed by atoms with Gasteiger partial charge in [-0.15, -0.1) is 0 Å². The number of nitrogens with one attached hydrogen (secondary N) is 1. The zero-order valence-corrected chi connectivity index (χ0v) is 9.95. The molecule has 2 aliphatic carbocycles. The summed E-state index contributed by atoms with van der Waals surface area (Å²) in [5.74, 6) is 0.461. The topological polar surface area (TPSA) is 49.3 Å². The molecule has 0 amide bonds. The summed E-state index contributed by atoms with van der Waals surface area (Å²) >= 11 is 0. The Morgan fingerprint density at radius 2 is 1.75 bits per heavy atom. The van der Waals surface area contributed by atoms with E-state index in [2.05, 4.69) is 5.32 Å². The Labute approximate surface area is 97.6 Å². The first kappa shape index (κ1) is 11.9. The van der Waals surface area contributed by atoms with Crippen LogP contribution in [-0.2, 0) is 4.79 Å². The smallest absolute Gasteiger partial charge is 0.320 e. The van der Waals surface area contributed by atoms with E-state index in [9.17, 15) is 4.79 Å². The zero-order valence-electron chi connectivity index (χ0n) is 9.95. The molecule has 0 radical (unpaired) electrons. The Bertz CT molecular complexity index is 230. The van der Waals surface area contributed by atoms with Crippen molar-refractivity contribution in [1.82, 2.24) is 5.32 Å². The predicted octanol–water partition coefficient (Wildman–Crippen LogP) is 2.41. The Kier molecular flexibility index (Phi) is 4.22. The third-order valence-electron chi connectivity index (χ3n) is 3.96. The van der Waals surface area contributed by atoms with E-state index in [1.165, 1.54) is 38.5 Å². The summed E-state index contributed by atoms with van der Waals surface area (Å²) in [4.78, 5) is 11.1. The van der Waals surface area contributed by atoms with Crippen LogP contribution >= 0.6 is 0 Å². The maximum Gasteiger partial charge on any atom is 0.320 e. The van der Waals surface area contributed by atoms with Gasteiger partial charge >= 0.3 is 5.97 Å². The van der Waals surface area contributed by atoms with Crippen LogP contribution in [0, 0.1) is 11.8 Å². The van der Waals surface area contributed by atoms with Crippen LogP contribution in [0.15, 0.2) is 0 Å². The third-order valence-corrected chi connectivity index (χ3v) is 3.96. The number of carboxylic acids is 1. The van der Waals surface area contributed by atoms with Gasteiger partial charge in [0.05, 0.1) is 0 Å². The van der Waals surface area contributed by atoms with E-state index in [4.69, 9.17) is 5.11 Å². The quantitative estimate of drug-likeness (QED) is 0.706. The molecule has 0 aromatic heterocycles. The van der Waals surface area contributed by atoms with Crippen molar-refractivity contribution in [3.63, 3.8) is 0 Å². The summed E-state index contributed by atoms with van der Waals surface area (Å²) < 4.78 is 0. The highest BCUT2D eigenvalue weighted by molar-refractivity contribution is 5.74. The van der Waals surface area contributed by atoms with Gasteiger partial charge in [0, 0.05) is 0 Å². The van der Waals surface area contributed by atoms with Crippen molar-refractivity contribution in [2.75, 3.05) is 6.54 Å². The molecule has 1 unspecified atom stereocenters. The van der Waals surface area contributed by atoms with Crippen LogP contribution in [0.2, 0.25) is 0 Å². The molecule has 0 bridgehead atoms. The van der Waals surface area contributed by atoms with Gasteiger partial charge < -0.3 is 10.4 Å². The summed E-state index contributed by atoms with van der Waals surface area (Å²) in [6, 6.07) is -0.275. The normalized spacial score (nSPS) is 25.0. The summed E-state index contributed by atoms with van der Waals surface area (Å²) in [7, 11) is 0. The Hall–Kier alpha value is -0.570. The fraction of sp³-hybridized carbons (Fsp3) is 0.923. The number of hydrogen-bond acceptors (Lipinski definition) is 2. The average Bonchev–Trinajstić information content (AvgIpc) is 3.03. The summed E-state index contributed by atoms with van der Waals surface area (Å²) in [5.41, 5.74) is 0. The van der Waals surface area contributed by atoms with E-state index >= 15 is 0 Å². The molecule has 0 heterocycles. The lowest BCUT2D eigenvalue weighted by molar-refractivity contribution is -0.140. The predicted molar refractivity (Wildman–Crippen MR) is 63.3 cm³/mol. The van der Waals surface area contributed by atoms with E-state index in [-0.39, 0.29) is 6.04 Å². The maximum atomic E-state index is 11.1. The number of hydrogen-bond donors (Lipinski definition) is 2.